The topological polar surface area (TPSA) is 40.6 Å². The number of sulfonamides is 1. The highest BCUT2D eigenvalue weighted by Crippen LogP contribution is 2.81. The molecule has 0 radical (unpaired) electrons. The van der Waals surface area contributed by atoms with Gasteiger partial charge in [-0.25, -0.2) is 8.42 Å². The van der Waals surface area contributed by atoms with Crippen LogP contribution in [-0.2, 0) is 10.0 Å². The van der Waals surface area contributed by atoms with E-state index in [0.29, 0.717) is 13.1 Å². The molecule has 0 N–H and O–H groups in total. The van der Waals surface area contributed by atoms with Crippen molar-refractivity contribution in [1.82, 2.24) is 9.21 Å². The van der Waals surface area contributed by atoms with E-state index >= 15 is 0 Å². The van der Waals surface area contributed by atoms with Crippen LogP contribution in [-0.4, -0.2) is 56.1 Å². The molecule has 4 nitrogen and oxygen atoms in total. The first kappa shape index (κ1) is 12.4. The van der Waals surface area contributed by atoms with Gasteiger partial charge in [0.05, 0.1) is 6.26 Å². The minimum absolute atomic E-state index is 0.703. The van der Waals surface area contributed by atoms with E-state index in [-0.39, 0.29) is 0 Å². The SMILES string of the molecule is CS(=O)(=O)N1CCN(C2C3CC4CC5CC2C53C4)CC1. The van der Waals surface area contributed by atoms with Crippen LogP contribution in [0.4, 0.5) is 0 Å². The molecular weight excluding hydrogens is 272 g/mol. The third-order valence-electron chi connectivity index (χ3n) is 7.51. The zero-order valence-corrected chi connectivity index (χ0v) is 13.0. The van der Waals surface area contributed by atoms with E-state index in [9.17, 15) is 8.42 Å². The van der Waals surface area contributed by atoms with E-state index < -0.39 is 10.0 Å². The average Bonchev–Trinajstić information content (AvgIpc) is 2.88. The summed E-state index contributed by atoms with van der Waals surface area (Å²) < 4.78 is 24.9. The summed E-state index contributed by atoms with van der Waals surface area (Å²) in [6.45, 7) is 3.32. The summed E-state index contributed by atoms with van der Waals surface area (Å²) in [4.78, 5) is 2.64. The molecule has 0 amide bonds. The van der Waals surface area contributed by atoms with Gasteiger partial charge in [-0.1, -0.05) is 0 Å². The maximum absolute atomic E-state index is 11.6. The molecule has 20 heavy (non-hydrogen) atoms. The fraction of sp³-hybridized carbons (Fsp3) is 1.00. The first-order valence-corrected chi connectivity index (χ1v) is 10.0. The summed E-state index contributed by atoms with van der Waals surface area (Å²) in [7, 11) is -2.99. The van der Waals surface area contributed by atoms with Crippen LogP contribution >= 0.6 is 0 Å². The molecule has 112 valence electrons. The van der Waals surface area contributed by atoms with Crippen LogP contribution in [0.5, 0.6) is 0 Å². The second kappa shape index (κ2) is 3.61. The van der Waals surface area contributed by atoms with Crippen LogP contribution in [0.3, 0.4) is 0 Å². The van der Waals surface area contributed by atoms with E-state index in [1.807, 2.05) is 0 Å². The number of nitrogens with zero attached hydrogens (tertiary/aromatic N) is 2. The highest BCUT2D eigenvalue weighted by molar-refractivity contribution is 7.88. The number of hydrogen-bond donors (Lipinski definition) is 0. The Bertz CT molecular complexity index is 554. The molecule has 6 unspecified atom stereocenters. The van der Waals surface area contributed by atoms with Crippen LogP contribution < -0.4 is 0 Å². The Balaban J connectivity index is 1.31. The summed E-state index contributed by atoms with van der Waals surface area (Å²) >= 11 is 0. The highest BCUT2D eigenvalue weighted by Gasteiger charge is 2.78. The zero-order chi connectivity index (χ0) is 13.7. The lowest BCUT2D eigenvalue weighted by Crippen LogP contribution is -2.74. The number of fused-ring (bicyclic) bond motifs is 1. The smallest absolute Gasteiger partial charge is 0.211 e. The van der Waals surface area contributed by atoms with Gasteiger partial charge in [-0.15, -0.1) is 0 Å². The predicted octanol–water partition coefficient (Wildman–Crippen LogP) is 0.998. The minimum atomic E-state index is -2.99. The first-order valence-electron chi connectivity index (χ1n) is 8.19. The van der Waals surface area contributed by atoms with Crippen molar-refractivity contribution in [2.45, 2.75) is 31.7 Å². The van der Waals surface area contributed by atoms with E-state index in [4.69, 9.17) is 0 Å². The van der Waals surface area contributed by atoms with Crippen LogP contribution in [0, 0.1) is 29.1 Å². The fourth-order valence-corrected chi connectivity index (χ4v) is 7.74. The molecule has 1 aliphatic heterocycles. The van der Waals surface area contributed by atoms with E-state index in [1.54, 1.807) is 4.31 Å². The molecule has 1 spiro atoms. The highest BCUT2D eigenvalue weighted by atomic mass is 32.2. The van der Waals surface area contributed by atoms with E-state index in [0.717, 1.165) is 48.2 Å². The maximum atomic E-state index is 11.6. The molecule has 0 aromatic rings. The van der Waals surface area contributed by atoms with Gasteiger partial charge in [0.2, 0.25) is 10.0 Å². The Labute approximate surface area is 121 Å². The fourth-order valence-electron chi connectivity index (χ4n) is 6.91. The maximum Gasteiger partial charge on any atom is 0.211 e. The van der Waals surface area contributed by atoms with Gasteiger partial charge in [0, 0.05) is 32.2 Å². The minimum Gasteiger partial charge on any atom is -0.297 e. The van der Waals surface area contributed by atoms with E-state index in [1.165, 1.54) is 31.9 Å². The second-order valence-corrected chi connectivity index (χ2v) is 9.97. The Morgan fingerprint density at radius 2 is 1.70 bits per heavy atom. The molecule has 0 aromatic heterocycles. The molecule has 1 saturated heterocycles. The van der Waals surface area contributed by atoms with Crippen molar-refractivity contribution in [3.8, 4) is 0 Å². The quantitative estimate of drug-likeness (QED) is 0.763. The summed E-state index contributed by atoms with van der Waals surface area (Å²) in [6.07, 6.45) is 7.36. The van der Waals surface area contributed by atoms with Gasteiger partial charge in [-0.2, -0.15) is 4.31 Å². The lowest BCUT2D eigenvalue weighted by Gasteiger charge is -2.73. The lowest BCUT2D eigenvalue weighted by atomic mass is 9.36. The van der Waals surface area contributed by atoms with Crippen LogP contribution in [0.15, 0.2) is 0 Å². The van der Waals surface area contributed by atoms with Crippen LogP contribution in [0.25, 0.3) is 0 Å². The van der Waals surface area contributed by atoms with Crippen molar-refractivity contribution in [2.24, 2.45) is 29.1 Å². The summed E-state index contributed by atoms with van der Waals surface area (Å²) in [5, 5.41) is 0. The average molecular weight is 296 g/mol. The predicted molar refractivity (Wildman–Crippen MR) is 76.6 cm³/mol. The largest absolute Gasteiger partial charge is 0.297 e. The second-order valence-electron chi connectivity index (χ2n) is 7.99. The molecule has 4 saturated carbocycles. The Kier molecular flexibility index (Phi) is 2.24. The number of piperazine rings is 1. The van der Waals surface area contributed by atoms with Crippen molar-refractivity contribution >= 4 is 10.0 Å². The Morgan fingerprint density at radius 3 is 2.35 bits per heavy atom. The molecule has 1 heterocycles. The molecule has 2 bridgehead atoms. The van der Waals surface area contributed by atoms with Gasteiger partial charge < -0.3 is 0 Å². The standard InChI is InChI=1S/C15H24N2O2S/c1-20(18,19)17-4-2-16(3-5-17)14-12-7-10-6-11-8-13(14)15(11,12)9-10/h10-14H,2-9H2,1H3. The Morgan fingerprint density at radius 1 is 1.00 bits per heavy atom. The van der Waals surface area contributed by atoms with Gasteiger partial charge in [-0.05, 0) is 54.8 Å². The summed E-state index contributed by atoms with van der Waals surface area (Å²) in [5.74, 6) is 4.05. The van der Waals surface area contributed by atoms with Gasteiger partial charge >= 0.3 is 0 Å². The van der Waals surface area contributed by atoms with Crippen molar-refractivity contribution in [3.05, 3.63) is 0 Å². The third kappa shape index (κ3) is 1.29. The summed E-state index contributed by atoms with van der Waals surface area (Å²) in [5.41, 5.74) is 0.781. The molecular formula is C15H24N2O2S. The number of hydrogen-bond acceptors (Lipinski definition) is 3. The third-order valence-corrected chi connectivity index (χ3v) is 8.82. The molecule has 5 fully saturated rings. The van der Waals surface area contributed by atoms with Gasteiger partial charge in [-0.3, -0.25) is 4.90 Å². The van der Waals surface area contributed by atoms with Crippen molar-refractivity contribution in [1.29, 1.82) is 0 Å². The van der Waals surface area contributed by atoms with E-state index in [2.05, 4.69) is 4.90 Å². The normalized spacial score (nSPS) is 54.4. The van der Waals surface area contributed by atoms with Crippen LogP contribution in [0.1, 0.15) is 25.7 Å². The molecule has 0 aromatic carbocycles. The molecule has 5 aliphatic rings. The van der Waals surface area contributed by atoms with Gasteiger partial charge in [0.1, 0.15) is 0 Å². The lowest BCUT2D eigenvalue weighted by molar-refractivity contribution is -0.238. The molecule has 6 atom stereocenters. The summed E-state index contributed by atoms with van der Waals surface area (Å²) in [6, 6.07) is 0.804. The van der Waals surface area contributed by atoms with Gasteiger partial charge in [0.25, 0.3) is 0 Å². The Hall–Kier alpha value is -0.130. The van der Waals surface area contributed by atoms with Crippen molar-refractivity contribution in [2.75, 3.05) is 32.4 Å². The van der Waals surface area contributed by atoms with Gasteiger partial charge in [0.15, 0.2) is 0 Å². The monoisotopic (exact) mass is 296 g/mol. The molecule has 5 heteroatoms. The van der Waals surface area contributed by atoms with Crippen molar-refractivity contribution < 1.29 is 8.42 Å². The first-order chi connectivity index (χ1) is 9.50. The number of rotatable bonds is 2. The van der Waals surface area contributed by atoms with Crippen LogP contribution in [0.2, 0.25) is 0 Å². The molecule has 5 rings (SSSR count). The molecule has 4 aliphatic carbocycles. The zero-order valence-electron chi connectivity index (χ0n) is 12.2. The van der Waals surface area contributed by atoms with Crippen molar-refractivity contribution in [3.63, 3.8) is 0 Å².